The molecule has 2 aromatic heterocycles. The molecular weight excluding hydrogens is 483 g/mol. The number of nitrogens with zero attached hydrogens (tertiary/aromatic N) is 5. The van der Waals surface area contributed by atoms with Gasteiger partial charge in [-0.2, -0.15) is 18.2 Å². The Bertz CT molecular complexity index is 989. The summed E-state index contributed by atoms with van der Waals surface area (Å²) < 4.78 is 40.5. The van der Waals surface area contributed by atoms with Gasteiger partial charge < -0.3 is 20.6 Å². The number of alkyl halides is 3. The van der Waals surface area contributed by atoms with Crippen molar-refractivity contribution in [2.45, 2.75) is 76.4 Å². The molecular formula is C26H38F3N7O. The van der Waals surface area contributed by atoms with Crippen LogP contribution in [0.5, 0.6) is 0 Å². The molecule has 8 nitrogen and oxygen atoms in total. The highest BCUT2D eigenvalue weighted by molar-refractivity contribution is 5.73. The van der Waals surface area contributed by atoms with Crippen molar-refractivity contribution in [3.05, 3.63) is 30.1 Å². The maximum Gasteiger partial charge on any atom is 0.408 e. The maximum atomic E-state index is 13.5. The van der Waals surface area contributed by atoms with Crippen LogP contribution in [-0.4, -0.2) is 87.4 Å². The summed E-state index contributed by atoms with van der Waals surface area (Å²) in [6.45, 7) is 6.66. The molecule has 1 saturated heterocycles. The lowest BCUT2D eigenvalue weighted by atomic mass is 9.93. The normalized spacial score (nSPS) is 22.5. The zero-order chi connectivity index (χ0) is 26.4. The van der Waals surface area contributed by atoms with Crippen molar-refractivity contribution in [2.75, 3.05) is 43.9 Å². The van der Waals surface area contributed by atoms with E-state index in [1.54, 1.807) is 6.92 Å². The molecule has 2 fully saturated rings. The van der Waals surface area contributed by atoms with Crippen LogP contribution in [0.15, 0.2) is 24.5 Å². The van der Waals surface area contributed by atoms with E-state index in [-0.39, 0.29) is 24.5 Å². The summed E-state index contributed by atoms with van der Waals surface area (Å²) in [6.07, 6.45) is 1.87. The largest absolute Gasteiger partial charge is 0.408 e. The zero-order valence-corrected chi connectivity index (χ0v) is 21.6. The Balaban J connectivity index is 1.54. The van der Waals surface area contributed by atoms with Gasteiger partial charge in [0.2, 0.25) is 5.95 Å². The molecule has 0 bridgehead atoms. The molecule has 1 aliphatic carbocycles. The first kappa shape index (κ1) is 27.5. The topological polar surface area (TPSA) is 89.4 Å². The molecule has 2 aromatic rings. The quantitative estimate of drug-likeness (QED) is 0.454. The number of hydrogen-bond acceptors (Lipinski definition) is 8. The Hall–Kier alpha value is -2.50. The molecule has 1 atom stereocenters. The molecule has 37 heavy (non-hydrogen) atoms. The van der Waals surface area contributed by atoms with Crippen molar-refractivity contribution < 1.29 is 18.3 Å². The molecule has 0 radical (unpaired) electrons. The van der Waals surface area contributed by atoms with Crippen LogP contribution in [-0.2, 0) is 6.54 Å². The van der Waals surface area contributed by atoms with Crippen molar-refractivity contribution in [1.82, 2.24) is 24.8 Å². The fraction of sp³-hybridized carbons (Fsp3) is 0.654. The molecule has 1 saturated carbocycles. The van der Waals surface area contributed by atoms with E-state index >= 15 is 0 Å². The zero-order valence-electron chi connectivity index (χ0n) is 21.6. The Morgan fingerprint density at radius 1 is 1.05 bits per heavy atom. The predicted molar refractivity (Wildman–Crippen MR) is 138 cm³/mol. The number of piperazine rings is 1. The fourth-order valence-electron chi connectivity index (χ4n) is 4.87. The van der Waals surface area contributed by atoms with Gasteiger partial charge in [-0.15, -0.1) is 0 Å². The number of pyridine rings is 1. The summed E-state index contributed by atoms with van der Waals surface area (Å²) >= 11 is 0. The van der Waals surface area contributed by atoms with Gasteiger partial charge >= 0.3 is 6.18 Å². The third-order valence-electron chi connectivity index (χ3n) is 7.20. The molecule has 4 rings (SSSR count). The van der Waals surface area contributed by atoms with Crippen molar-refractivity contribution in [2.24, 2.45) is 0 Å². The minimum atomic E-state index is -4.40. The number of halogens is 3. The first-order chi connectivity index (χ1) is 17.7. The lowest BCUT2D eigenvalue weighted by Crippen LogP contribution is -2.43. The predicted octanol–water partition coefficient (Wildman–Crippen LogP) is 4.14. The second-order valence-electron chi connectivity index (χ2n) is 10.3. The number of rotatable bonds is 9. The number of aliphatic hydroxyl groups excluding tert-OH is 1. The molecule has 11 heteroatoms. The van der Waals surface area contributed by atoms with Gasteiger partial charge in [0.1, 0.15) is 11.9 Å². The van der Waals surface area contributed by atoms with Crippen LogP contribution in [0.25, 0.3) is 11.3 Å². The molecule has 3 heterocycles. The van der Waals surface area contributed by atoms with Gasteiger partial charge in [-0.05, 0) is 50.8 Å². The molecule has 0 amide bonds. The summed E-state index contributed by atoms with van der Waals surface area (Å²) in [5.41, 5.74) is 2.41. The van der Waals surface area contributed by atoms with Crippen LogP contribution in [0.2, 0.25) is 0 Å². The number of aromatic nitrogens is 3. The van der Waals surface area contributed by atoms with E-state index in [2.05, 4.69) is 42.4 Å². The monoisotopic (exact) mass is 521 g/mol. The number of nitrogens with one attached hydrogen (secondary N) is 2. The number of likely N-dealkylation sites (N-methyl/N-ethyl adjacent to an activating group) is 1. The SMILES string of the molecule is CCCC(Nc1ncc(-c2ccc(CN3CCN(C)CC3)cn2)c(NC2CCC(O)CC2)n1)C(F)(F)F. The van der Waals surface area contributed by atoms with E-state index in [1.165, 1.54) is 6.20 Å². The smallest absolute Gasteiger partial charge is 0.393 e. The maximum absolute atomic E-state index is 13.5. The van der Waals surface area contributed by atoms with E-state index in [9.17, 15) is 18.3 Å². The summed E-state index contributed by atoms with van der Waals surface area (Å²) in [5, 5.41) is 15.8. The van der Waals surface area contributed by atoms with Gasteiger partial charge in [0.25, 0.3) is 0 Å². The molecule has 0 aromatic carbocycles. The molecule has 0 spiro atoms. The third-order valence-corrected chi connectivity index (χ3v) is 7.20. The third kappa shape index (κ3) is 7.75. The van der Waals surface area contributed by atoms with Crippen molar-refractivity contribution in [3.63, 3.8) is 0 Å². The van der Waals surface area contributed by atoms with E-state index in [0.29, 0.717) is 36.3 Å². The van der Waals surface area contributed by atoms with Crippen LogP contribution in [0.1, 0.15) is 51.0 Å². The second-order valence-corrected chi connectivity index (χ2v) is 10.3. The highest BCUT2D eigenvalue weighted by atomic mass is 19.4. The van der Waals surface area contributed by atoms with E-state index < -0.39 is 12.2 Å². The minimum absolute atomic E-state index is 0.0613. The summed E-state index contributed by atoms with van der Waals surface area (Å²) in [7, 11) is 2.13. The molecule has 1 aliphatic heterocycles. The molecule has 1 unspecified atom stereocenters. The van der Waals surface area contributed by atoms with Crippen LogP contribution in [0.3, 0.4) is 0 Å². The second kappa shape index (κ2) is 12.4. The summed E-state index contributed by atoms with van der Waals surface area (Å²) in [4.78, 5) is 18.1. The summed E-state index contributed by atoms with van der Waals surface area (Å²) in [5.74, 6) is 0.389. The van der Waals surface area contributed by atoms with Crippen molar-refractivity contribution >= 4 is 11.8 Å². The lowest BCUT2D eigenvalue weighted by molar-refractivity contribution is -0.143. The summed E-state index contributed by atoms with van der Waals surface area (Å²) in [6, 6.07) is 2.31. The Kier molecular flexibility index (Phi) is 9.20. The molecule has 3 N–H and O–H groups in total. The van der Waals surface area contributed by atoms with Gasteiger partial charge in [-0.25, -0.2) is 4.98 Å². The molecule has 2 aliphatic rings. The standard InChI is InChI=1S/C26H38F3N7O/c1-3-4-23(26(27,28)29)33-25-31-16-21(24(34-25)32-19-6-8-20(37)9-7-19)22-10-5-18(15-30-22)17-36-13-11-35(2)12-14-36/h5,10,15-16,19-20,23,37H,3-4,6-9,11-14,17H2,1-2H3,(H2,31,32,33,34). The first-order valence-electron chi connectivity index (χ1n) is 13.2. The fourth-order valence-corrected chi connectivity index (χ4v) is 4.87. The number of anilines is 2. The highest BCUT2D eigenvalue weighted by Crippen LogP contribution is 2.31. The number of aliphatic hydroxyl groups is 1. The van der Waals surface area contributed by atoms with Gasteiger partial charge in [-0.1, -0.05) is 19.4 Å². The van der Waals surface area contributed by atoms with Gasteiger partial charge in [0, 0.05) is 51.2 Å². The van der Waals surface area contributed by atoms with Gasteiger partial charge in [-0.3, -0.25) is 9.88 Å². The minimum Gasteiger partial charge on any atom is -0.393 e. The van der Waals surface area contributed by atoms with Crippen LogP contribution >= 0.6 is 0 Å². The first-order valence-corrected chi connectivity index (χ1v) is 13.2. The van der Waals surface area contributed by atoms with Crippen LogP contribution in [0.4, 0.5) is 24.9 Å². The lowest BCUT2D eigenvalue weighted by Gasteiger charge is -2.32. The van der Waals surface area contributed by atoms with E-state index in [4.69, 9.17) is 0 Å². The van der Waals surface area contributed by atoms with Crippen molar-refractivity contribution in [3.8, 4) is 11.3 Å². The van der Waals surface area contributed by atoms with E-state index in [1.807, 2.05) is 18.3 Å². The highest BCUT2D eigenvalue weighted by Gasteiger charge is 2.39. The van der Waals surface area contributed by atoms with Crippen molar-refractivity contribution in [1.29, 1.82) is 0 Å². The average molecular weight is 522 g/mol. The Morgan fingerprint density at radius 2 is 1.78 bits per heavy atom. The molecule has 204 valence electrons. The van der Waals surface area contributed by atoms with E-state index in [0.717, 1.165) is 51.1 Å². The van der Waals surface area contributed by atoms with Gasteiger partial charge in [0.05, 0.1) is 17.4 Å². The Morgan fingerprint density at radius 3 is 2.41 bits per heavy atom. The number of hydrogen-bond donors (Lipinski definition) is 3. The Labute approximate surface area is 216 Å². The average Bonchev–Trinajstić information content (AvgIpc) is 2.87. The van der Waals surface area contributed by atoms with Crippen LogP contribution < -0.4 is 10.6 Å². The van der Waals surface area contributed by atoms with Crippen LogP contribution in [0, 0.1) is 0 Å². The van der Waals surface area contributed by atoms with Gasteiger partial charge in [0.15, 0.2) is 0 Å².